The summed E-state index contributed by atoms with van der Waals surface area (Å²) in [6.45, 7) is 0.236. The third-order valence-electron chi connectivity index (χ3n) is 3.37. The molecule has 2 aromatic carbocycles. The van der Waals surface area contributed by atoms with Crippen molar-refractivity contribution in [2.75, 3.05) is 12.4 Å². The van der Waals surface area contributed by atoms with Crippen LogP contribution in [0.2, 0.25) is 0 Å². The van der Waals surface area contributed by atoms with Crippen LogP contribution in [0.5, 0.6) is 0 Å². The average molecular weight is 335 g/mol. The highest BCUT2D eigenvalue weighted by Gasteiger charge is 2.23. The molecule has 3 N–H and O–H groups in total. The maximum absolute atomic E-state index is 12.4. The van der Waals surface area contributed by atoms with Crippen LogP contribution in [-0.4, -0.2) is 39.0 Å². The molecule has 0 spiro atoms. The van der Waals surface area contributed by atoms with E-state index >= 15 is 0 Å². The number of ether oxygens (including phenoxy) is 1. The summed E-state index contributed by atoms with van der Waals surface area (Å²) in [7, 11) is -3.15. The lowest BCUT2D eigenvalue weighted by Crippen LogP contribution is -2.36. The van der Waals surface area contributed by atoms with Gasteiger partial charge in [0.1, 0.15) is 6.10 Å². The highest BCUT2D eigenvalue weighted by Crippen LogP contribution is 2.14. The number of aliphatic hydroxyl groups is 2. The van der Waals surface area contributed by atoms with E-state index in [9.17, 15) is 14.4 Å². The number of benzene rings is 2. The van der Waals surface area contributed by atoms with Crippen molar-refractivity contribution in [1.82, 2.24) is 0 Å². The number of hydrogen-bond acceptors (Lipinski definition) is 5. The van der Waals surface area contributed by atoms with E-state index in [-0.39, 0.29) is 12.4 Å². The first-order valence-electron chi connectivity index (χ1n) is 7.28. The summed E-state index contributed by atoms with van der Waals surface area (Å²) in [6, 6.07) is 17.8. The molecule has 0 saturated carbocycles. The topological polar surface area (TPSA) is 90.6 Å². The van der Waals surface area contributed by atoms with Crippen molar-refractivity contribution in [3.63, 3.8) is 0 Å². The van der Waals surface area contributed by atoms with Crippen LogP contribution >= 0.6 is 0 Å². The second kappa shape index (κ2) is 8.21. The molecular formula is C17H21NO4S. The Morgan fingerprint density at radius 2 is 1.52 bits per heavy atom. The standard InChI is InChI=1S/C17H21NO4S/c18-23(21,15-9-5-2-6-10-15)13-17(20)16(19)12-22-11-14-7-3-1-4-8-14/h1-10,16-20H,11-13H2/t16-,17-,23+/m0/s1. The van der Waals surface area contributed by atoms with Gasteiger partial charge in [0.25, 0.3) is 0 Å². The SMILES string of the molecule is N=[S@@](=O)(C[C@H](O)[C@@H](O)COCc1ccccc1)c1ccccc1. The van der Waals surface area contributed by atoms with Gasteiger partial charge in [0.15, 0.2) is 0 Å². The molecule has 0 aromatic heterocycles. The minimum Gasteiger partial charge on any atom is -0.389 e. The van der Waals surface area contributed by atoms with Gasteiger partial charge in [-0.3, -0.25) is 0 Å². The van der Waals surface area contributed by atoms with Gasteiger partial charge < -0.3 is 14.9 Å². The molecule has 0 fully saturated rings. The maximum Gasteiger partial charge on any atom is 0.104 e. The predicted octanol–water partition coefficient (Wildman–Crippen LogP) is 2.03. The molecule has 0 amide bonds. The van der Waals surface area contributed by atoms with Crippen LogP contribution in [0.3, 0.4) is 0 Å². The monoisotopic (exact) mass is 335 g/mol. The van der Waals surface area contributed by atoms with Crippen molar-refractivity contribution in [3.8, 4) is 0 Å². The van der Waals surface area contributed by atoms with Crippen LogP contribution in [0.25, 0.3) is 0 Å². The number of hydrogen-bond donors (Lipinski definition) is 3. The summed E-state index contributed by atoms with van der Waals surface area (Å²) >= 11 is 0. The van der Waals surface area contributed by atoms with Crippen LogP contribution in [0, 0.1) is 4.78 Å². The highest BCUT2D eigenvalue weighted by atomic mass is 32.2. The molecule has 0 radical (unpaired) electrons. The summed E-state index contributed by atoms with van der Waals surface area (Å²) in [6.07, 6.45) is -2.47. The van der Waals surface area contributed by atoms with E-state index in [4.69, 9.17) is 9.52 Å². The molecular weight excluding hydrogens is 314 g/mol. The Labute approximate surface area is 136 Å². The number of nitrogens with one attached hydrogen (secondary N) is 1. The van der Waals surface area contributed by atoms with Crippen molar-refractivity contribution in [1.29, 1.82) is 4.78 Å². The molecule has 0 aliphatic carbocycles. The zero-order valence-electron chi connectivity index (χ0n) is 12.7. The Kier molecular flexibility index (Phi) is 6.29. The normalized spacial score (nSPS) is 16.4. The van der Waals surface area contributed by atoms with Gasteiger partial charge in [-0.2, -0.15) is 0 Å². The van der Waals surface area contributed by atoms with Crippen molar-refractivity contribution < 1.29 is 19.2 Å². The van der Waals surface area contributed by atoms with Crippen molar-refractivity contribution in [2.45, 2.75) is 23.7 Å². The third-order valence-corrected chi connectivity index (χ3v) is 5.22. The highest BCUT2D eigenvalue weighted by molar-refractivity contribution is 7.92. The minimum atomic E-state index is -3.15. The smallest absolute Gasteiger partial charge is 0.104 e. The molecule has 0 unspecified atom stereocenters. The van der Waals surface area contributed by atoms with Crippen LogP contribution in [0.4, 0.5) is 0 Å². The molecule has 23 heavy (non-hydrogen) atoms. The molecule has 0 aliphatic heterocycles. The van der Waals surface area contributed by atoms with Gasteiger partial charge in [-0.05, 0) is 17.7 Å². The zero-order chi connectivity index (χ0) is 16.7. The number of aliphatic hydroxyl groups excluding tert-OH is 2. The fraction of sp³-hybridized carbons (Fsp3) is 0.294. The van der Waals surface area contributed by atoms with Crippen molar-refractivity contribution in [3.05, 3.63) is 66.2 Å². The Morgan fingerprint density at radius 3 is 2.13 bits per heavy atom. The average Bonchev–Trinajstić information content (AvgIpc) is 2.56. The van der Waals surface area contributed by atoms with E-state index in [1.807, 2.05) is 30.3 Å². The summed E-state index contributed by atoms with van der Waals surface area (Å²) in [5, 5.41) is 19.9. The van der Waals surface area contributed by atoms with E-state index in [1.54, 1.807) is 30.3 Å². The molecule has 6 heteroatoms. The Bertz CT molecular complexity index is 689. The molecule has 5 nitrogen and oxygen atoms in total. The lowest BCUT2D eigenvalue weighted by molar-refractivity contribution is -0.0335. The van der Waals surface area contributed by atoms with Gasteiger partial charge >= 0.3 is 0 Å². The Balaban J connectivity index is 1.84. The van der Waals surface area contributed by atoms with Crippen LogP contribution in [0.15, 0.2) is 65.6 Å². The van der Waals surface area contributed by atoms with Gasteiger partial charge in [-0.15, -0.1) is 0 Å². The first kappa shape index (κ1) is 17.6. The van der Waals surface area contributed by atoms with E-state index in [0.717, 1.165) is 5.56 Å². The predicted molar refractivity (Wildman–Crippen MR) is 88.5 cm³/mol. The first-order chi connectivity index (χ1) is 11.0. The van der Waals surface area contributed by atoms with Crippen molar-refractivity contribution in [2.24, 2.45) is 0 Å². The third kappa shape index (κ3) is 5.44. The van der Waals surface area contributed by atoms with Crippen LogP contribution < -0.4 is 0 Å². The van der Waals surface area contributed by atoms with Gasteiger partial charge in [0.05, 0.1) is 34.8 Å². The molecule has 0 bridgehead atoms. The van der Waals surface area contributed by atoms with E-state index < -0.39 is 21.9 Å². The molecule has 0 heterocycles. The van der Waals surface area contributed by atoms with Gasteiger partial charge in [-0.25, -0.2) is 8.99 Å². The second-order valence-electron chi connectivity index (χ2n) is 5.29. The van der Waals surface area contributed by atoms with Crippen molar-refractivity contribution >= 4 is 9.73 Å². The molecule has 2 aromatic rings. The van der Waals surface area contributed by atoms with Gasteiger partial charge in [0, 0.05) is 4.90 Å². The van der Waals surface area contributed by atoms with Gasteiger partial charge in [0.2, 0.25) is 0 Å². The molecule has 2 rings (SSSR count). The summed E-state index contributed by atoms with van der Waals surface area (Å²) in [4.78, 5) is 0.344. The summed E-state index contributed by atoms with van der Waals surface area (Å²) < 4.78 is 25.6. The van der Waals surface area contributed by atoms with Crippen LogP contribution in [-0.2, 0) is 21.1 Å². The summed E-state index contributed by atoms with van der Waals surface area (Å²) in [5.41, 5.74) is 0.961. The lowest BCUT2D eigenvalue weighted by Gasteiger charge is -2.19. The zero-order valence-corrected chi connectivity index (χ0v) is 13.5. The summed E-state index contributed by atoms with van der Waals surface area (Å²) in [5.74, 6) is -0.327. The Hall–Kier alpha value is -1.73. The quantitative estimate of drug-likeness (QED) is 0.688. The molecule has 0 aliphatic rings. The lowest BCUT2D eigenvalue weighted by atomic mass is 10.2. The van der Waals surface area contributed by atoms with E-state index in [0.29, 0.717) is 11.5 Å². The second-order valence-corrected chi connectivity index (χ2v) is 7.45. The van der Waals surface area contributed by atoms with E-state index in [2.05, 4.69) is 0 Å². The fourth-order valence-electron chi connectivity index (χ4n) is 2.07. The fourth-order valence-corrected chi connectivity index (χ4v) is 3.56. The van der Waals surface area contributed by atoms with Crippen LogP contribution in [0.1, 0.15) is 5.56 Å². The maximum atomic E-state index is 12.4. The number of rotatable bonds is 8. The molecule has 0 saturated heterocycles. The van der Waals surface area contributed by atoms with E-state index in [1.165, 1.54) is 0 Å². The molecule has 124 valence electrons. The Morgan fingerprint density at radius 1 is 0.957 bits per heavy atom. The van der Waals surface area contributed by atoms with Gasteiger partial charge in [-0.1, -0.05) is 48.5 Å². The molecule has 3 atom stereocenters. The minimum absolute atomic E-state index is 0.0830. The largest absolute Gasteiger partial charge is 0.389 e. The first-order valence-corrected chi connectivity index (χ1v) is 9.01.